The number of likely N-dealkylation sites (tertiary alicyclic amines) is 1. The van der Waals surface area contributed by atoms with Gasteiger partial charge in [0.1, 0.15) is 5.54 Å². The number of carbonyl (C=O) groups is 2. The third-order valence-corrected chi connectivity index (χ3v) is 5.03. The number of Topliss-reactive ketones (excluding diaryl/α,β-unsaturated/α-hetero) is 1. The van der Waals surface area contributed by atoms with Crippen molar-refractivity contribution in [2.75, 3.05) is 13.1 Å². The molecule has 3 rings (SSSR count). The first kappa shape index (κ1) is 20.1. The topological polar surface area (TPSA) is 63.4 Å². The Morgan fingerprint density at radius 1 is 0.962 bits per heavy atom. The van der Waals surface area contributed by atoms with Crippen molar-refractivity contribution in [1.82, 2.24) is 4.90 Å². The summed E-state index contributed by atoms with van der Waals surface area (Å²) >= 11 is 0. The number of piperidine rings is 1. The van der Waals surface area contributed by atoms with Gasteiger partial charge in [-0.1, -0.05) is 60.7 Å². The number of rotatable bonds is 4. The van der Waals surface area contributed by atoms with Crippen LogP contribution in [0.15, 0.2) is 60.7 Å². The van der Waals surface area contributed by atoms with Crippen LogP contribution in [0.25, 0.3) is 0 Å². The predicted molar refractivity (Wildman–Crippen MR) is 105 cm³/mol. The molecule has 1 saturated heterocycles. The first-order valence-electron chi connectivity index (χ1n) is 8.73. The molecular formula is C21H25ClN2O2. The second-order valence-corrected chi connectivity index (χ2v) is 6.87. The molecular weight excluding hydrogens is 348 g/mol. The summed E-state index contributed by atoms with van der Waals surface area (Å²) in [4.78, 5) is 27.2. The molecule has 0 aromatic heterocycles. The quantitative estimate of drug-likeness (QED) is 0.836. The number of hydrogen-bond acceptors (Lipinski definition) is 3. The molecule has 0 spiro atoms. The molecule has 4 nitrogen and oxygen atoms in total. The van der Waals surface area contributed by atoms with Crippen LogP contribution in [-0.2, 0) is 10.3 Å². The molecule has 1 fully saturated rings. The summed E-state index contributed by atoms with van der Waals surface area (Å²) in [6.07, 6.45) is 1.37. The third-order valence-electron chi connectivity index (χ3n) is 5.03. The monoisotopic (exact) mass is 372 g/mol. The summed E-state index contributed by atoms with van der Waals surface area (Å²) in [6, 6.07) is 18.8. The van der Waals surface area contributed by atoms with E-state index in [4.69, 9.17) is 5.73 Å². The molecule has 1 aliphatic rings. The smallest absolute Gasteiger partial charge is 0.246 e. The fourth-order valence-corrected chi connectivity index (χ4v) is 3.42. The number of amides is 1. The van der Waals surface area contributed by atoms with Gasteiger partial charge >= 0.3 is 0 Å². The van der Waals surface area contributed by atoms with Crippen LogP contribution in [0.4, 0.5) is 0 Å². The van der Waals surface area contributed by atoms with Crippen LogP contribution < -0.4 is 5.73 Å². The van der Waals surface area contributed by atoms with Crippen LogP contribution in [0.1, 0.15) is 35.7 Å². The molecule has 1 amide bonds. The maximum absolute atomic E-state index is 12.9. The first-order valence-corrected chi connectivity index (χ1v) is 8.73. The van der Waals surface area contributed by atoms with Crippen LogP contribution in [-0.4, -0.2) is 29.7 Å². The van der Waals surface area contributed by atoms with E-state index in [1.807, 2.05) is 60.7 Å². The molecule has 2 aromatic carbocycles. The lowest BCUT2D eigenvalue weighted by Crippen LogP contribution is -2.53. The minimum Gasteiger partial charge on any atom is -0.341 e. The van der Waals surface area contributed by atoms with Crippen LogP contribution in [0.2, 0.25) is 0 Å². The van der Waals surface area contributed by atoms with Gasteiger partial charge in [-0.05, 0) is 25.3 Å². The predicted octanol–water partition coefficient (Wildman–Crippen LogP) is 3.40. The van der Waals surface area contributed by atoms with Gasteiger partial charge < -0.3 is 10.6 Å². The van der Waals surface area contributed by atoms with Gasteiger partial charge in [-0.3, -0.25) is 9.59 Å². The molecule has 2 aromatic rings. The van der Waals surface area contributed by atoms with E-state index >= 15 is 0 Å². The van der Waals surface area contributed by atoms with Gasteiger partial charge in [-0.15, -0.1) is 12.4 Å². The second-order valence-electron chi connectivity index (χ2n) is 6.87. The van der Waals surface area contributed by atoms with Crippen molar-refractivity contribution in [2.24, 2.45) is 11.7 Å². The Morgan fingerprint density at radius 2 is 1.46 bits per heavy atom. The zero-order chi connectivity index (χ0) is 17.9. The Morgan fingerprint density at radius 3 is 2.00 bits per heavy atom. The Balaban J connectivity index is 0.00000243. The lowest BCUT2D eigenvalue weighted by molar-refractivity contribution is -0.138. The molecule has 2 N–H and O–H groups in total. The summed E-state index contributed by atoms with van der Waals surface area (Å²) in [7, 11) is 0. The standard InChI is InChI=1S/C21H24N2O2.ClH/c1-21(22,18-10-6-3-7-11-18)20(25)23-14-12-17(13-15-23)19(24)16-8-4-2-5-9-16;/h2-11,17H,12-15,22H2,1H3;1H. The minimum atomic E-state index is -1.04. The number of carbonyl (C=O) groups excluding carboxylic acids is 2. The molecule has 138 valence electrons. The highest BCUT2D eigenvalue weighted by atomic mass is 35.5. The largest absolute Gasteiger partial charge is 0.341 e. The fraction of sp³-hybridized carbons (Fsp3) is 0.333. The van der Waals surface area contributed by atoms with E-state index < -0.39 is 5.54 Å². The van der Waals surface area contributed by atoms with Crippen LogP contribution in [0, 0.1) is 5.92 Å². The SMILES string of the molecule is CC(N)(C(=O)N1CCC(C(=O)c2ccccc2)CC1)c1ccccc1.Cl. The fourth-order valence-electron chi connectivity index (χ4n) is 3.42. The number of nitrogens with zero attached hydrogens (tertiary/aromatic N) is 1. The Bertz CT molecular complexity index is 739. The van der Waals surface area contributed by atoms with Crippen LogP contribution >= 0.6 is 12.4 Å². The van der Waals surface area contributed by atoms with E-state index in [1.165, 1.54) is 0 Å². The molecule has 1 aliphatic heterocycles. The van der Waals surface area contributed by atoms with Gasteiger partial charge in [-0.2, -0.15) is 0 Å². The van der Waals surface area contributed by atoms with E-state index in [1.54, 1.807) is 11.8 Å². The van der Waals surface area contributed by atoms with Crippen molar-refractivity contribution in [3.05, 3.63) is 71.8 Å². The van der Waals surface area contributed by atoms with E-state index in [0.29, 0.717) is 25.9 Å². The summed E-state index contributed by atoms with van der Waals surface area (Å²) in [5.41, 5.74) is 6.85. The van der Waals surface area contributed by atoms with Crippen LogP contribution in [0.5, 0.6) is 0 Å². The molecule has 0 saturated carbocycles. The van der Waals surface area contributed by atoms with Gasteiger partial charge in [0, 0.05) is 24.6 Å². The molecule has 1 unspecified atom stereocenters. The summed E-state index contributed by atoms with van der Waals surface area (Å²) in [5.74, 6) is 0.0720. The van der Waals surface area contributed by atoms with Crippen molar-refractivity contribution in [1.29, 1.82) is 0 Å². The average Bonchev–Trinajstić information content (AvgIpc) is 2.68. The molecule has 0 aliphatic carbocycles. The van der Waals surface area contributed by atoms with Crippen molar-refractivity contribution in [2.45, 2.75) is 25.3 Å². The average molecular weight is 373 g/mol. The van der Waals surface area contributed by atoms with E-state index in [9.17, 15) is 9.59 Å². The Hall–Kier alpha value is -2.17. The highest BCUT2D eigenvalue weighted by Crippen LogP contribution is 2.26. The normalized spacial score (nSPS) is 17.1. The molecule has 26 heavy (non-hydrogen) atoms. The highest BCUT2D eigenvalue weighted by Gasteiger charge is 2.37. The Labute approximate surface area is 160 Å². The highest BCUT2D eigenvalue weighted by molar-refractivity contribution is 5.98. The Kier molecular flexibility index (Phi) is 6.57. The second kappa shape index (κ2) is 8.47. The summed E-state index contributed by atoms with van der Waals surface area (Å²) in [6.45, 7) is 2.90. The number of nitrogens with two attached hydrogens (primary N) is 1. The first-order chi connectivity index (χ1) is 12.0. The minimum absolute atomic E-state index is 0. The van der Waals surface area contributed by atoms with Gasteiger partial charge in [0.05, 0.1) is 0 Å². The number of hydrogen-bond donors (Lipinski definition) is 1. The van der Waals surface area contributed by atoms with Gasteiger partial charge in [0.15, 0.2) is 5.78 Å². The lowest BCUT2D eigenvalue weighted by Gasteiger charge is -2.36. The van der Waals surface area contributed by atoms with Crippen molar-refractivity contribution in [3.63, 3.8) is 0 Å². The maximum Gasteiger partial charge on any atom is 0.246 e. The summed E-state index contributed by atoms with van der Waals surface area (Å²) in [5, 5.41) is 0. The molecule has 1 atom stereocenters. The number of ketones is 1. The van der Waals surface area contributed by atoms with Crippen molar-refractivity contribution in [3.8, 4) is 0 Å². The maximum atomic E-state index is 12.9. The van der Waals surface area contributed by atoms with E-state index in [-0.39, 0.29) is 30.0 Å². The van der Waals surface area contributed by atoms with Crippen molar-refractivity contribution >= 4 is 24.1 Å². The third kappa shape index (κ3) is 4.14. The number of benzene rings is 2. The molecule has 0 bridgehead atoms. The molecule has 5 heteroatoms. The van der Waals surface area contributed by atoms with Gasteiger partial charge in [-0.25, -0.2) is 0 Å². The van der Waals surface area contributed by atoms with E-state index in [2.05, 4.69) is 0 Å². The lowest BCUT2D eigenvalue weighted by atomic mass is 9.86. The van der Waals surface area contributed by atoms with E-state index in [0.717, 1.165) is 11.1 Å². The van der Waals surface area contributed by atoms with Crippen molar-refractivity contribution < 1.29 is 9.59 Å². The number of halogens is 1. The van der Waals surface area contributed by atoms with Crippen LogP contribution in [0.3, 0.4) is 0 Å². The van der Waals surface area contributed by atoms with Gasteiger partial charge in [0.25, 0.3) is 0 Å². The molecule has 0 radical (unpaired) electrons. The summed E-state index contributed by atoms with van der Waals surface area (Å²) < 4.78 is 0. The zero-order valence-corrected chi connectivity index (χ0v) is 15.7. The zero-order valence-electron chi connectivity index (χ0n) is 14.9. The van der Waals surface area contributed by atoms with Gasteiger partial charge in [0.2, 0.25) is 5.91 Å². The molecule has 1 heterocycles.